The second-order valence-electron chi connectivity index (χ2n) is 6.08. The van der Waals surface area contributed by atoms with Crippen LogP contribution in [-0.4, -0.2) is 53.8 Å². The van der Waals surface area contributed by atoms with Crippen LogP contribution in [0.5, 0.6) is 0 Å². The van der Waals surface area contributed by atoms with Crippen LogP contribution in [0.25, 0.3) is 0 Å². The molecular formula is C15H21NO6. The fourth-order valence-electron chi connectivity index (χ4n) is 2.21. The maximum atomic E-state index is 12.3. The van der Waals surface area contributed by atoms with Crippen molar-refractivity contribution < 1.29 is 28.6 Å². The molecule has 1 aliphatic rings. The monoisotopic (exact) mass is 311 g/mol. The molecule has 0 aromatic rings. The molecule has 1 heterocycles. The number of carbonyl (C=O) groups excluding carboxylic acids is 3. The molecule has 7 nitrogen and oxygen atoms in total. The van der Waals surface area contributed by atoms with E-state index < -0.39 is 35.3 Å². The lowest BCUT2D eigenvalue weighted by Crippen LogP contribution is -2.44. The molecule has 0 bridgehead atoms. The van der Waals surface area contributed by atoms with Gasteiger partial charge in [-0.05, 0) is 20.8 Å². The fraction of sp³-hybridized carbons (Fsp3) is 0.667. The van der Waals surface area contributed by atoms with E-state index in [9.17, 15) is 14.4 Å². The third-order valence-corrected chi connectivity index (χ3v) is 3.03. The van der Waals surface area contributed by atoms with Gasteiger partial charge in [-0.1, -0.05) is 5.92 Å². The van der Waals surface area contributed by atoms with Crippen LogP contribution in [0.3, 0.4) is 0 Å². The van der Waals surface area contributed by atoms with Gasteiger partial charge in [0.2, 0.25) is 0 Å². The van der Waals surface area contributed by atoms with Crippen LogP contribution in [-0.2, 0) is 23.8 Å². The summed E-state index contributed by atoms with van der Waals surface area (Å²) in [5.74, 6) is 1.13. The number of terminal acetylenes is 1. The van der Waals surface area contributed by atoms with Gasteiger partial charge in [-0.3, -0.25) is 9.69 Å². The largest absolute Gasteiger partial charge is 0.467 e. The Bertz CT molecular complexity index is 515. The van der Waals surface area contributed by atoms with Crippen molar-refractivity contribution in [2.75, 3.05) is 13.7 Å². The molecule has 1 rings (SSSR count). The number of ether oxygens (including phenoxy) is 3. The lowest BCUT2D eigenvalue weighted by Gasteiger charge is -2.27. The summed E-state index contributed by atoms with van der Waals surface area (Å²) in [7, 11) is 1.21. The number of hydrogen-bond donors (Lipinski definition) is 0. The van der Waals surface area contributed by atoms with Gasteiger partial charge >= 0.3 is 18.0 Å². The maximum Gasteiger partial charge on any atom is 0.411 e. The van der Waals surface area contributed by atoms with Crippen molar-refractivity contribution in [2.24, 2.45) is 0 Å². The minimum atomic E-state index is -1.36. The standard InChI is InChI=1S/C15H21NO6/c1-7-15(21-10(2)17)8-11(12(18)20-6)16(9-15)13(19)22-14(3,4)5/h1,11H,8-9H2,2-6H3/t11-,15?/m1/s1. The van der Waals surface area contributed by atoms with E-state index >= 15 is 0 Å². The molecule has 1 saturated heterocycles. The van der Waals surface area contributed by atoms with E-state index in [1.165, 1.54) is 14.0 Å². The third-order valence-electron chi connectivity index (χ3n) is 3.03. The zero-order chi connectivity index (χ0) is 17.1. The minimum absolute atomic E-state index is 0.0327. The van der Waals surface area contributed by atoms with Crippen LogP contribution >= 0.6 is 0 Å². The van der Waals surface area contributed by atoms with E-state index in [0.717, 1.165) is 4.90 Å². The highest BCUT2D eigenvalue weighted by molar-refractivity contribution is 5.83. The molecule has 1 unspecified atom stereocenters. The number of methoxy groups -OCH3 is 1. The first kappa shape index (κ1) is 17.8. The Morgan fingerprint density at radius 3 is 2.32 bits per heavy atom. The Balaban J connectivity index is 3.07. The number of carbonyl (C=O) groups is 3. The Labute approximate surface area is 129 Å². The predicted molar refractivity (Wildman–Crippen MR) is 76.7 cm³/mol. The number of hydrogen-bond acceptors (Lipinski definition) is 6. The van der Waals surface area contributed by atoms with Gasteiger partial charge in [-0.15, -0.1) is 6.42 Å². The molecule has 0 aromatic heterocycles. The highest BCUT2D eigenvalue weighted by atomic mass is 16.6. The maximum absolute atomic E-state index is 12.3. The van der Waals surface area contributed by atoms with Crippen molar-refractivity contribution >= 4 is 18.0 Å². The van der Waals surface area contributed by atoms with Crippen LogP contribution in [0, 0.1) is 12.3 Å². The zero-order valence-corrected chi connectivity index (χ0v) is 13.5. The van der Waals surface area contributed by atoms with Crippen molar-refractivity contribution in [2.45, 2.75) is 51.4 Å². The number of nitrogens with zero attached hydrogens (tertiary/aromatic N) is 1. The van der Waals surface area contributed by atoms with E-state index in [1.807, 2.05) is 0 Å². The summed E-state index contributed by atoms with van der Waals surface area (Å²) in [4.78, 5) is 36.6. The molecule has 2 atom stereocenters. The normalized spacial score (nSPS) is 24.4. The molecule has 1 fully saturated rings. The van der Waals surface area contributed by atoms with Crippen LogP contribution in [0.4, 0.5) is 4.79 Å². The second kappa shape index (κ2) is 6.26. The van der Waals surface area contributed by atoms with Crippen LogP contribution in [0.2, 0.25) is 0 Å². The third kappa shape index (κ3) is 4.13. The van der Waals surface area contributed by atoms with Crippen molar-refractivity contribution in [3.8, 4) is 12.3 Å². The van der Waals surface area contributed by atoms with Crippen LogP contribution in [0.1, 0.15) is 34.1 Å². The number of esters is 2. The first-order valence-electron chi connectivity index (χ1n) is 6.78. The van der Waals surface area contributed by atoms with Gasteiger partial charge in [0.05, 0.1) is 13.7 Å². The van der Waals surface area contributed by atoms with Crippen molar-refractivity contribution in [1.29, 1.82) is 0 Å². The lowest BCUT2D eigenvalue weighted by molar-refractivity contribution is -0.151. The molecule has 122 valence electrons. The summed E-state index contributed by atoms with van der Waals surface area (Å²) in [6.45, 7) is 6.19. The Morgan fingerprint density at radius 2 is 1.91 bits per heavy atom. The van der Waals surface area contributed by atoms with Crippen LogP contribution in [0.15, 0.2) is 0 Å². The fourth-order valence-corrected chi connectivity index (χ4v) is 2.21. The number of amides is 1. The van der Waals surface area contributed by atoms with E-state index in [-0.39, 0.29) is 13.0 Å². The summed E-state index contributed by atoms with van der Waals surface area (Å²) in [6, 6.07) is -0.963. The van der Waals surface area contributed by atoms with E-state index in [4.69, 9.17) is 20.6 Å². The van der Waals surface area contributed by atoms with Gasteiger partial charge in [-0.25, -0.2) is 9.59 Å². The van der Waals surface area contributed by atoms with E-state index in [1.54, 1.807) is 20.8 Å². The van der Waals surface area contributed by atoms with Crippen molar-refractivity contribution in [3.05, 3.63) is 0 Å². The predicted octanol–water partition coefficient (Wildman–Crippen LogP) is 1.10. The first-order chi connectivity index (χ1) is 10.0. The molecule has 0 radical (unpaired) electrons. The van der Waals surface area contributed by atoms with Gasteiger partial charge in [0.1, 0.15) is 11.6 Å². The van der Waals surface area contributed by atoms with Gasteiger partial charge in [-0.2, -0.15) is 0 Å². The zero-order valence-electron chi connectivity index (χ0n) is 13.5. The quantitative estimate of drug-likeness (QED) is 0.431. The summed E-state index contributed by atoms with van der Waals surface area (Å²) >= 11 is 0. The first-order valence-corrected chi connectivity index (χ1v) is 6.78. The summed E-state index contributed by atoms with van der Waals surface area (Å²) in [6.07, 6.45) is 4.70. The SMILES string of the molecule is C#CC1(OC(C)=O)C[C@H](C(=O)OC)N(C(=O)OC(C)(C)C)C1. The Morgan fingerprint density at radius 1 is 1.32 bits per heavy atom. The Kier molecular flexibility index (Phi) is 5.07. The van der Waals surface area contributed by atoms with Crippen LogP contribution < -0.4 is 0 Å². The lowest BCUT2D eigenvalue weighted by atomic mass is 10.0. The summed E-state index contributed by atoms with van der Waals surface area (Å²) < 4.78 is 15.1. The smallest absolute Gasteiger partial charge is 0.411 e. The molecular weight excluding hydrogens is 290 g/mol. The molecule has 0 aliphatic carbocycles. The topological polar surface area (TPSA) is 82.1 Å². The van der Waals surface area contributed by atoms with Crippen molar-refractivity contribution in [3.63, 3.8) is 0 Å². The molecule has 0 aromatic carbocycles. The second-order valence-corrected chi connectivity index (χ2v) is 6.08. The molecule has 0 spiro atoms. The highest BCUT2D eigenvalue weighted by Crippen LogP contribution is 2.32. The van der Waals surface area contributed by atoms with E-state index in [0.29, 0.717) is 0 Å². The van der Waals surface area contributed by atoms with Gasteiger partial charge < -0.3 is 14.2 Å². The average Bonchev–Trinajstić information content (AvgIpc) is 2.75. The molecule has 22 heavy (non-hydrogen) atoms. The van der Waals surface area contributed by atoms with Crippen molar-refractivity contribution in [1.82, 2.24) is 4.90 Å². The minimum Gasteiger partial charge on any atom is -0.467 e. The van der Waals surface area contributed by atoms with Gasteiger partial charge in [0, 0.05) is 13.3 Å². The Hall–Kier alpha value is -2.23. The van der Waals surface area contributed by atoms with Gasteiger partial charge in [0.15, 0.2) is 5.60 Å². The van der Waals surface area contributed by atoms with E-state index in [2.05, 4.69) is 5.92 Å². The molecule has 0 saturated carbocycles. The highest BCUT2D eigenvalue weighted by Gasteiger charge is 2.52. The summed E-state index contributed by atoms with van der Waals surface area (Å²) in [5, 5.41) is 0. The summed E-state index contributed by atoms with van der Waals surface area (Å²) in [5.41, 5.74) is -2.10. The average molecular weight is 311 g/mol. The molecule has 7 heteroatoms. The number of likely N-dealkylation sites (tertiary alicyclic amines) is 1. The molecule has 1 amide bonds. The van der Waals surface area contributed by atoms with Gasteiger partial charge in [0.25, 0.3) is 0 Å². The molecule has 1 aliphatic heterocycles. The molecule has 0 N–H and O–H groups in total. The number of rotatable bonds is 2.